The predicted octanol–water partition coefficient (Wildman–Crippen LogP) is 2.65. The van der Waals surface area contributed by atoms with Crippen molar-refractivity contribution in [2.75, 3.05) is 23.3 Å². The van der Waals surface area contributed by atoms with Crippen LogP contribution >= 0.6 is 0 Å². The number of hydrogen-bond acceptors (Lipinski definition) is 8. The Balaban J connectivity index is 1.37. The summed E-state index contributed by atoms with van der Waals surface area (Å²) in [5.74, 6) is -3.56. The second-order valence-corrected chi connectivity index (χ2v) is 7.11. The van der Waals surface area contributed by atoms with Crippen molar-refractivity contribution in [3.63, 3.8) is 0 Å². The lowest BCUT2D eigenvalue weighted by atomic mass is 9.96. The van der Waals surface area contributed by atoms with E-state index in [2.05, 4.69) is 19.7 Å². The van der Waals surface area contributed by atoms with E-state index in [1.165, 1.54) is 4.68 Å². The molecule has 31 heavy (non-hydrogen) atoms. The zero-order valence-electron chi connectivity index (χ0n) is 16.4. The monoisotopic (exact) mass is 431 g/mol. The molecule has 162 valence electrons. The van der Waals surface area contributed by atoms with Crippen LogP contribution in [0.4, 0.5) is 21.6 Å². The molecule has 1 N–H and O–H groups in total. The van der Waals surface area contributed by atoms with Gasteiger partial charge in [0.15, 0.2) is 5.82 Å². The molecular weight excluding hydrogens is 413 g/mol. The lowest BCUT2D eigenvalue weighted by molar-refractivity contribution is -0.402. The van der Waals surface area contributed by atoms with Crippen molar-refractivity contribution < 1.29 is 22.9 Å². The fraction of sp³-hybridized carbons (Fsp3) is 0.316. The Morgan fingerprint density at radius 2 is 1.94 bits per heavy atom. The van der Waals surface area contributed by atoms with Crippen LogP contribution in [-0.2, 0) is 7.05 Å². The number of amides is 1. The minimum atomic E-state index is -1.10. The fourth-order valence-electron chi connectivity index (χ4n) is 3.46. The van der Waals surface area contributed by atoms with Crippen molar-refractivity contribution in [2.45, 2.75) is 18.8 Å². The number of hydrogen-bond donors (Lipinski definition) is 1. The first kappa shape index (κ1) is 20.3. The molecule has 0 unspecified atom stereocenters. The minimum absolute atomic E-state index is 0.0796. The number of benzene rings is 1. The quantitative estimate of drug-likeness (QED) is 0.481. The summed E-state index contributed by atoms with van der Waals surface area (Å²) in [5, 5.41) is 17.2. The van der Waals surface area contributed by atoms with Crippen LogP contribution in [0.15, 0.2) is 44.0 Å². The number of aromatic nitrogens is 2. The van der Waals surface area contributed by atoms with Gasteiger partial charge in [0.25, 0.3) is 5.91 Å². The third-order valence-electron chi connectivity index (χ3n) is 5.10. The summed E-state index contributed by atoms with van der Waals surface area (Å²) in [7, 11) is 1.55. The molecule has 0 atom stereocenters. The van der Waals surface area contributed by atoms with Gasteiger partial charge < -0.3 is 19.1 Å². The summed E-state index contributed by atoms with van der Waals surface area (Å²) in [6.07, 6.45) is 1.55. The van der Waals surface area contributed by atoms with Crippen LogP contribution in [0.3, 0.4) is 0 Å². The Morgan fingerprint density at radius 1 is 1.26 bits per heavy atom. The number of carbonyl (C=O) groups is 1. The Hall–Kier alpha value is -3.96. The number of anilines is 2. The summed E-state index contributed by atoms with van der Waals surface area (Å²) in [6.45, 7) is 1.47. The smallest absolute Gasteiger partial charge is 0.392 e. The second-order valence-electron chi connectivity index (χ2n) is 7.11. The molecule has 3 heterocycles. The maximum atomic E-state index is 13.7. The van der Waals surface area contributed by atoms with Crippen molar-refractivity contribution >= 4 is 23.2 Å². The molecule has 1 aliphatic heterocycles. The SMILES string of the molecule is Cn1nc(C2CCN(c3ccc(NC(=O)c4oc([N+](=O)[O-])cc4F)cc3)CC2)oc1=O. The minimum Gasteiger partial charge on any atom is -0.392 e. The first-order valence-electron chi connectivity index (χ1n) is 9.46. The van der Waals surface area contributed by atoms with Gasteiger partial charge in [0, 0.05) is 37.4 Å². The van der Waals surface area contributed by atoms with Gasteiger partial charge in [0.05, 0.1) is 6.07 Å². The van der Waals surface area contributed by atoms with Gasteiger partial charge in [0.2, 0.25) is 11.7 Å². The van der Waals surface area contributed by atoms with E-state index in [9.17, 15) is 24.1 Å². The van der Waals surface area contributed by atoms with Gasteiger partial charge in [0.1, 0.15) is 4.92 Å². The third-order valence-corrected chi connectivity index (χ3v) is 5.10. The number of nitrogens with zero attached hydrogens (tertiary/aromatic N) is 4. The Labute approximate surface area is 174 Å². The molecule has 0 aliphatic carbocycles. The van der Waals surface area contributed by atoms with Crippen molar-refractivity contribution in [3.8, 4) is 0 Å². The fourth-order valence-corrected chi connectivity index (χ4v) is 3.46. The summed E-state index contributed by atoms with van der Waals surface area (Å²) in [4.78, 5) is 35.5. The molecular formula is C19H18FN5O6. The average molecular weight is 431 g/mol. The highest BCUT2D eigenvalue weighted by atomic mass is 19.1. The van der Waals surface area contributed by atoms with Crippen LogP contribution in [0.2, 0.25) is 0 Å². The number of nitrogens with one attached hydrogen (secondary N) is 1. The van der Waals surface area contributed by atoms with Gasteiger partial charge in [-0.25, -0.2) is 9.18 Å². The second kappa shape index (κ2) is 8.05. The largest absolute Gasteiger partial charge is 0.436 e. The first-order chi connectivity index (χ1) is 14.8. The number of furan rings is 1. The first-order valence-corrected chi connectivity index (χ1v) is 9.46. The van der Waals surface area contributed by atoms with Crippen molar-refractivity contribution in [3.05, 3.63) is 68.5 Å². The van der Waals surface area contributed by atoms with Crippen LogP contribution < -0.4 is 16.0 Å². The van der Waals surface area contributed by atoms with E-state index in [0.717, 1.165) is 31.6 Å². The van der Waals surface area contributed by atoms with Gasteiger partial charge in [-0.2, -0.15) is 4.68 Å². The lowest BCUT2D eigenvalue weighted by Crippen LogP contribution is -2.33. The number of carbonyl (C=O) groups excluding carboxylic acids is 1. The standard InChI is InChI=1S/C19H18FN5O6/c1-23-19(27)31-18(22-23)11-6-8-24(9-7-11)13-4-2-12(3-5-13)21-17(26)16-14(20)10-15(30-16)25(28)29/h2-5,10-11H,6-9H2,1H3,(H,21,26). The maximum Gasteiger partial charge on any atom is 0.436 e. The number of rotatable bonds is 5. The summed E-state index contributed by atoms with van der Waals surface area (Å²) in [5.41, 5.74) is 1.32. The highest BCUT2D eigenvalue weighted by Crippen LogP contribution is 2.30. The Bertz CT molecular complexity index is 1170. The van der Waals surface area contributed by atoms with E-state index in [4.69, 9.17) is 4.42 Å². The van der Waals surface area contributed by atoms with E-state index < -0.39 is 34.0 Å². The molecule has 4 rings (SSSR count). The summed E-state index contributed by atoms with van der Waals surface area (Å²) in [6, 6.07) is 7.45. The van der Waals surface area contributed by atoms with Gasteiger partial charge in [-0.3, -0.25) is 14.9 Å². The van der Waals surface area contributed by atoms with Crippen molar-refractivity contribution in [1.82, 2.24) is 9.78 Å². The molecule has 1 aliphatic rings. The molecule has 0 radical (unpaired) electrons. The predicted molar refractivity (Wildman–Crippen MR) is 106 cm³/mol. The Morgan fingerprint density at radius 3 is 2.48 bits per heavy atom. The highest BCUT2D eigenvalue weighted by molar-refractivity contribution is 6.02. The zero-order chi connectivity index (χ0) is 22.1. The average Bonchev–Trinajstić information content (AvgIpc) is 3.31. The topological polar surface area (TPSA) is 137 Å². The number of nitro groups is 1. The molecule has 11 nitrogen and oxygen atoms in total. The zero-order valence-corrected chi connectivity index (χ0v) is 16.4. The van der Waals surface area contributed by atoms with E-state index in [0.29, 0.717) is 17.6 Å². The Kier molecular flexibility index (Phi) is 5.28. The van der Waals surface area contributed by atoms with Crippen LogP contribution in [0.1, 0.15) is 35.2 Å². The maximum absolute atomic E-state index is 13.7. The van der Waals surface area contributed by atoms with E-state index >= 15 is 0 Å². The van der Waals surface area contributed by atoms with Gasteiger partial charge in [-0.15, -0.1) is 5.10 Å². The highest BCUT2D eigenvalue weighted by Gasteiger charge is 2.26. The van der Waals surface area contributed by atoms with Crippen molar-refractivity contribution in [2.24, 2.45) is 7.05 Å². The number of aryl methyl sites for hydroxylation is 1. The summed E-state index contributed by atoms with van der Waals surface area (Å²) >= 11 is 0. The van der Waals surface area contributed by atoms with E-state index in [1.807, 2.05) is 0 Å². The van der Waals surface area contributed by atoms with Crippen LogP contribution in [-0.4, -0.2) is 33.7 Å². The molecule has 0 bridgehead atoms. The lowest BCUT2D eigenvalue weighted by Gasteiger charge is -2.32. The van der Waals surface area contributed by atoms with Gasteiger partial charge >= 0.3 is 11.6 Å². The number of piperidine rings is 1. The number of halogens is 1. The van der Waals surface area contributed by atoms with E-state index in [1.54, 1.807) is 31.3 Å². The molecule has 0 spiro atoms. The summed E-state index contributed by atoms with van der Waals surface area (Å²) < 4.78 is 24.7. The molecule has 2 aromatic heterocycles. The molecule has 1 saturated heterocycles. The normalized spacial score (nSPS) is 14.6. The molecule has 1 aromatic carbocycles. The van der Waals surface area contributed by atoms with Gasteiger partial charge in [-0.1, -0.05) is 0 Å². The molecule has 0 saturated carbocycles. The van der Waals surface area contributed by atoms with Crippen molar-refractivity contribution in [1.29, 1.82) is 0 Å². The van der Waals surface area contributed by atoms with Gasteiger partial charge in [-0.05, 0) is 37.1 Å². The molecule has 1 fully saturated rings. The molecule has 3 aromatic rings. The third kappa shape index (κ3) is 4.17. The van der Waals surface area contributed by atoms with Crippen LogP contribution in [0, 0.1) is 15.9 Å². The van der Waals surface area contributed by atoms with Crippen LogP contribution in [0.25, 0.3) is 0 Å². The van der Waals surface area contributed by atoms with E-state index in [-0.39, 0.29) is 5.92 Å². The van der Waals surface area contributed by atoms with Crippen LogP contribution in [0.5, 0.6) is 0 Å². The molecule has 1 amide bonds. The molecule has 12 heteroatoms.